The van der Waals surface area contributed by atoms with Gasteiger partial charge in [-0.1, -0.05) is 11.6 Å². The van der Waals surface area contributed by atoms with Crippen LogP contribution in [0.25, 0.3) is 6.08 Å². The summed E-state index contributed by atoms with van der Waals surface area (Å²) in [5.41, 5.74) is -0.0790. The Labute approximate surface area is 157 Å². The van der Waals surface area contributed by atoms with Crippen molar-refractivity contribution in [2.75, 3.05) is 7.11 Å². The standard InChI is InChI=1S/C18H13ClF3NO4/c1-26-17(25)15(23-16(24)10-2-4-12(20)5-3-10)9-11-8-13(27-18(21)22)6-7-14(11)19/h2-9,18H,1H3,(H,23,24). The molecule has 0 unspecified atom stereocenters. The van der Waals surface area contributed by atoms with Gasteiger partial charge in [0, 0.05) is 10.6 Å². The molecule has 0 radical (unpaired) electrons. The fourth-order valence-electron chi connectivity index (χ4n) is 2.02. The maximum Gasteiger partial charge on any atom is 0.387 e. The molecule has 2 aromatic rings. The van der Waals surface area contributed by atoms with E-state index in [1.54, 1.807) is 0 Å². The van der Waals surface area contributed by atoms with Crippen molar-refractivity contribution in [3.05, 3.63) is 70.1 Å². The highest BCUT2D eigenvalue weighted by Crippen LogP contribution is 2.25. The van der Waals surface area contributed by atoms with Crippen molar-refractivity contribution >= 4 is 29.6 Å². The van der Waals surface area contributed by atoms with Gasteiger partial charge >= 0.3 is 12.6 Å². The summed E-state index contributed by atoms with van der Waals surface area (Å²) in [7, 11) is 1.10. The second kappa shape index (κ2) is 9.09. The van der Waals surface area contributed by atoms with E-state index < -0.39 is 24.3 Å². The minimum absolute atomic E-state index is 0.0899. The molecule has 9 heteroatoms. The molecule has 0 aromatic heterocycles. The first-order chi connectivity index (χ1) is 12.8. The summed E-state index contributed by atoms with van der Waals surface area (Å²) in [6, 6.07) is 8.30. The summed E-state index contributed by atoms with van der Waals surface area (Å²) in [5.74, 6) is -2.32. The second-order valence-electron chi connectivity index (χ2n) is 5.07. The SMILES string of the molecule is COC(=O)C(=Cc1cc(OC(F)F)ccc1Cl)NC(=O)c1ccc(F)cc1. The maximum absolute atomic E-state index is 13.0. The normalized spacial score (nSPS) is 11.3. The first-order valence-electron chi connectivity index (χ1n) is 7.41. The van der Waals surface area contributed by atoms with E-state index in [-0.39, 0.29) is 27.6 Å². The van der Waals surface area contributed by atoms with E-state index in [4.69, 9.17) is 11.6 Å². The molecule has 0 atom stereocenters. The van der Waals surface area contributed by atoms with Crippen LogP contribution in [0.1, 0.15) is 15.9 Å². The number of methoxy groups -OCH3 is 1. The Morgan fingerprint density at radius 3 is 2.41 bits per heavy atom. The van der Waals surface area contributed by atoms with Crippen LogP contribution >= 0.6 is 11.6 Å². The molecular formula is C18H13ClF3NO4. The fraction of sp³-hybridized carbons (Fsp3) is 0.111. The molecule has 0 spiro atoms. The van der Waals surface area contributed by atoms with Crippen LogP contribution in [0.2, 0.25) is 5.02 Å². The number of ether oxygens (including phenoxy) is 2. The Hall–Kier alpha value is -3.00. The molecule has 0 bridgehead atoms. The average molecular weight is 400 g/mol. The number of hydrogen-bond donors (Lipinski definition) is 1. The molecule has 0 aliphatic rings. The Kier molecular flexibility index (Phi) is 6.84. The number of hydrogen-bond acceptors (Lipinski definition) is 4. The van der Waals surface area contributed by atoms with Crippen molar-refractivity contribution in [3.63, 3.8) is 0 Å². The number of amides is 1. The van der Waals surface area contributed by atoms with E-state index in [0.717, 1.165) is 25.3 Å². The van der Waals surface area contributed by atoms with Gasteiger partial charge in [0.25, 0.3) is 5.91 Å². The Bertz CT molecular complexity index is 869. The molecule has 0 fully saturated rings. The molecule has 0 heterocycles. The first-order valence-corrected chi connectivity index (χ1v) is 7.79. The quantitative estimate of drug-likeness (QED) is 0.588. The minimum atomic E-state index is -3.04. The Balaban J connectivity index is 2.34. The summed E-state index contributed by atoms with van der Waals surface area (Å²) < 4.78 is 46.6. The number of esters is 1. The smallest absolute Gasteiger partial charge is 0.387 e. The highest BCUT2D eigenvalue weighted by atomic mass is 35.5. The van der Waals surface area contributed by atoms with Crippen LogP contribution in [0.3, 0.4) is 0 Å². The molecule has 2 rings (SSSR count). The monoisotopic (exact) mass is 399 g/mol. The lowest BCUT2D eigenvalue weighted by molar-refractivity contribution is -0.136. The number of rotatable bonds is 6. The van der Waals surface area contributed by atoms with Crippen molar-refractivity contribution in [2.45, 2.75) is 6.61 Å². The lowest BCUT2D eigenvalue weighted by Gasteiger charge is -2.10. The van der Waals surface area contributed by atoms with Gasteiger partial charge in [0.2, 0.25) is 0 Å². The molecule has 0 saturated heterocycles. The third kappa shape index (κ3) is 5.75. The predicted molar refractivity (Wildman–Crippen MR) is 91.9 cm³/mol. The van der Waals surface area contributed by atoms with Crippen molar-refractivity contribution in [1.29, 1.82) is 0 Å². The topological polar surface area (TPSA) is 64.6 Å². The third-order valence-corrected chi connectivity index (χ3v) is 3.60. The Morgan fingerprint density at radius 1 is 1.15 bits per heavy atom. The van der Waals surface area contributed by atoms with Crippen molar-refractivity contribution in [3.8, 4) is 5.75 Å². The van der Waals surface area contributed by atoms with Gasteiger partial charge in [0.05, 0.1) is 7.11 Å². The highest BCUT2D eigenvalue weighted by molar-refractivity contribution is 6.32. The lowest BCUT2D eigenvalue weighted by atomic mass is 10.1. The zero-order valence-corrected chi connectivity index (χ0v) is 14.6. The van der Waals surface area contributed by atoms with Crippen molar-refractivity contribution < 1.29 is 32.2 Å². The number of halogens is 4. The molecule has 0 saturated carbocycles. The van der Waals surface area contributed by atoms with E-state index in [1.165, 1.54) is 30.3 Å². The summed E-state index contributed by atoms with van der Waals surface area (Å²) in [4.78, 5) is 24.2. The van der Waals surface area contributed by atoms with Crippen molar-refractivity contribution in [2.24, 2.45) is 0 Å². The van der Waals surface area contributed by atoms with E-state index >= 15 is 0 Å². The van der Waals surface area contributed by atoms with E-state index in [9.17, 15) is 22.8 Å². The number of nitrogens with one attached hydrogen (secondary N) is 1. The van der Waals surface area contributed by atoms with Gasteiger partial charge in [-0.2, -0.15) is 8.78 Å². The molecule has 0 aliphatic carbocycles. The molecular weight excluding hydrogens is 387 g/mol. The van der Waals surface area contributed by atoms with Crippen LogP contribution in [0.15, 0.2) is 48.2 Å². The van der Waals surface area contributed by atoms with Crippen LogP contribution in [0, 0.1) is 5.82 Å². The average Bonchev–Trinajstić information content (AvgIpc) is 2.63. The van der Waals surface area contributed by atoms with Gasteiger partial charge in [-0.3, -0.25) is 4.79 Å². The second-order valence-corrected chi connectivity index (χ2v) is 5.48. The minimum Gasteiger partial charge on any atom is -0.464 e. The van der Waals surface area contributed by atoms with Gasteiger partial charge in [0.15, 0.2) is 0 Å². The molecule has 1 amide bonds. The molecule has 5 nitrogen and oxygen atoms in total. The summed E-state index contributed by atoms with van der Waals surface area (Å²) >= 11 is 6.00. The molecule has 27 heavy (non-hydrogen) atoms. The molecule has 1 N–H and O–H groups in total. The first kappa shape index (κ1) is 20.3. The third-order valence-electron chi connectivity index (χ3n) is 3.25. The molecule has 0 aliphatic heterocycles. The zero-order valence-electron chi connectivity index (χ0n) is 13.8. The predicted octanol–water partition coefficient (Wildman–Crippen LogP) is 4.02. The van der Waals surface area contributed by atoms with Crippen molar-refractivity contribution in [1.82, 2.24) is 5.32 Å². The van der Waals surface area contributed by atoms with E-state index in [2.05, 4.69) is 14.8 Å². The van der Waals surface area contributed by atoms with Crippen LogP contribution in [0.4, 0.5) is 13.2 Å². The fourth-order valence-corrected chi connectivity index (χ4v) is 2.19. The van der Waals surface area contributed by atoms with E-state index in [0.29, 0.717) is 0 Å². The van der Waals surface area contributed by atoms with E-state index in [1.807, 2.05) is 0 Å². The largest absolute Gasteiger partial charge is 0.464 e. The van der Waals surface area contributed by atoms with Gasteiger partial charge in [-0.15, -0.1) is 0 Å². The summed E-state index contributed by atoms with van der Waals surface area (Å²) in [5, 5.41) is 2.44. The molecule has 2 aromatic carbocycles. The summed E-state index contributed by atoms with van der Waals surface area (Å²) in [6.45, 7) is -3.04. The van der Waals surface area contributed by atoms with Gasteiger partial charge < -0.3 is 14.8 Å². The number of alkyl halides is 2. The number of benzene rings is 2. The summed E-state index contributed by atoms with van der Waals surface area (Å²) in [6.07, 6.45) is 1.15. The number of carbonyl (C=O) groups is 2. The van der Waals surface area contributed by atoms with Gasteiger partial charge in [0.1, 0.15) is 17.3 Å². The molecule has 142 valence electrons. The Morgan fingerprint density at radius 2 is 1.81 bits per heavy atom. The van der Waals surface area contributed by atoms with Gasteiger partial charge in [-0.05, 0) is 54.1 Å². The van der Waals surface area contributed by atoms with Crippen LogP contribution in [0.5, 0.6) is 5.75 Å². The highest BCUT2D eigenvalue weighted by Gasteiger charge is 2.16. The maximum atomic E-state index is 13.0. The van der Waals surface area contributed by atoms with Crippen LogP contribution in [-0.4, -0.2) is 25.6 Å². The lowest BCUT2D eigenvalue weighted by Crippen LogP contribution is -2.28. The van der Waals surface area contributed by atoms with Gasteiger partial charge in [-0.25, -0.2) is 9.18 Å². The van der Waals surface area contributed by atoms with Crippen LogP contribution in [-0.2, 0) is 9.53 Å². The van der Waals surface area contributed by atoms with Crippen LogP contribution < -0.4 is 10.1 Å². The number of carbonyl (C=O) groups excluding carboxylic acids is 2. The zero-order chi connectivity index (χ0) is 20.0.